The van der Waals surface area contributed by atoms with E-state index in [2.05, 4.69) is 226 Å². The minimum Gasteiger partial charge on any atom is -0.456 e. The Morgan fingerprint density at radius 1 is 0.357 bits per heavy atom. The van der Waals surface area contributed by atoms with Crippen LogP contribution in [-0.4, -0.2) is 0 Å². The number of benzene rings is 8. The summed E-state index contributed by atoms with van der Waals surface area (Å²) >= 11 is 0. The van der Waals surface area contributed by atoms with E-state index in [4.69, 9.17) is 4.42 Å². The zero-order chi connectivity index (χ0) is 38.1. The molecule has 56 heavy (non-hydrogen) atoms. The summed E-state index contributed by atoms with van der Waals surface area (Å²) in [5.41, 5.74) is 15.9. The molecule has 0 saturated heterocycles. The third-order valence-electron chi connectivity index (χ3n) is 10.6. The number of hydrogen-bond acceptors (Lipinski definition) is 2. The molecule has 0 radical (unpaired) electrons. The van der Waals surface area contributed by atoms with Crippen molar-refractivity contribution in [3.05, 3.63) is 212 Å². The van der Waals surface area contributed by atoms with Gasteiger partial charge in [-0.3, -0.25) is 0 Å². The van der Waals surface area contributed by atoms with Crippen LogP contribution in [-0.2, 0) is 5.41 Å². The van der Waals surface area contributed by atoms with E-state index in [9.17, 15) is 0 Å². The summed E-state index contributed by atoms with van der Waals surface area (Å²) in [7, 11) is 0. The van der Waals surface area contributed by atoms with Gasteiger partial charge < -0.3 is 9.32 Å². The highest BCUT2D eigenvalue weighted by molar-refractivity contribution is 5.91. The Hall–Kier alpha value is -6.90. The molecule has 1 heterocycles. The third kappa shape index (κ3) is 6.83. The molecular weight excluding hydrogens is 679 g/mol. The average molecular weight is 722 g/mol. The smallest absolute Gasteiger partial charge is 0.139 e. The van der Waals surface area contributed by atoms with E-state index in [0.717, 1.165) is 39.4 Å². The molecule has 0 fully saturated rings. The van der Waals surface area contributed by atoms with Crippen LogP contribution in [0.5, 0.6) is 0 Å². The van der Waals surface area contributed by atoms with Crippen LogP contribution >= 0.6 is 0 Å². The van der Waals surface area contributed by atoms with Gasteiger partial charge in [-0.1, -0.05) is 185 Å². The van der Waals surface area contributed by atoms with Crippen molar-refractivity contribution in [2.75, 3.05) is 4.90 Å². The number of para-hydroxylation sites is 1. The highest BCUT2D eigenvalue weighted by Gasteiger charge is 2.26. The van der Waals surface area contributed by atoms with Crippen LogP contribution in [0.15, 0.2) is 211 Å². The van der Waals surface area contributed by atoms with Gasteiger partial charge in [0.25, 0.3) is 0 Å². The molecule has 8 aromatic carbocycles. The lowest BCUT2D eigenvalue weighted by atomic mass is 9.83. The monoisotopic (exact) mass is 721 g/mol. The lowest BCUT2D eigenvalue weighted by Crippen LogP contribution is -2.12. The molecule has 2 heteroatoms. The molecule has 0 aliphatic heterocycles. The second-order valence-corrected chi connectivity index (χ2v) is 15.4. The van der Waals surface area contributed by atoms with Crippen LogP contribution in [0.3, 0.4) is 0 Å². The first-order chi connectivity index (χ1) is 27.4. The van der Waals surface area contributed by atoms with E-state index < -0.39 is 0 Å². The van der Waals surface area contributed by atoms with Crippen LogP contribution in [0.1, 0.15) is 26.3 Å². The first-order valence-corrected chi connectivity index (χ1v) is 19.3. The molecule has 0 N–H and O–H groups in total. The van der Waals surface area contributed by atoms with E-state index in [1.165, 1.54) is 50.1 Å². The van der Waals surface area contributed by atoms with Gasteiger partial charge >= 0.3 is 0 Å². The highest BCUT2D eigenvalue weighted by atomic mass is 16.3. The molecule has 0 unspecified atom stereocenters. The molecule has 0 saturated carbocycles. The summed E-state index contributed by atoms with van der Waals surface area (Å²) in [4.78, 5) is 2.35. The van der Waals surface area contributed by atoms with Gasteiger partial charge in [0.1, 0.15) is 11.3 Å². The largest absolute Gasteiger partial charge is 0.456 e. The molecule has 1 aromatic heterocycles. The molecular formula is C54H43NO. The second kappa shape index (κ2) is 14.7. The molecule has 0 spiro atoms. The van der Waals surface area contributed by atoms with Gasteiger partial charge in [0, 0.05) is 33.6 Å². The van der Waals surface area contributed by atoms with E-state index in [1.54, 1.807) is 0 Å². The van der Waals surface area contributed by atoms with E-state index in [-0.39, 0.29) is 5.41 Å². The van der Waals surface area contributed by atoms with Crippen molar-refractivity contribution in [3.63, 3.8) is 0 Å². The number of rotatable bonds is 8. The van der Waals surface area contributed by atoms with Gasteiger partial charge in [0.05, 0.1) is 0 Å². The predicted octanol–water partition coefficient (Wildman–Crippen LogP) is 15.5. The molecule has 2 nitrogen and oxygen atoms in total. The van der Waals surface area contributed by atoms with Gasteiger partial charge in [-0.25, -0.2) is 0 Å². The van der Waals surface area contributed by atoms with Crippen molar-refractivity contribution in [2.24, 2.45) is 0 Å². The Morgan fingerprint density at radius 3 is 1.36 bits per heavy atom. The molecule has 9 aromatic rings. The van der Waals surface area contributed by atoms with Crippen molar-refractivity contribution in [3.8, 4) is 55.8 Å². The summed E-state index contributed by atoms with van der Waals surface area (Å²) in [5.74, 6) is 0.919. The maximum absolute atomic E-state index is 6.65. The van der Waals surface area contributed by atoms with Gasteiger partial charge in [-0.15, -0.1) is 0 Å². The molecule has 270 valence electrons. The summed E-state index contributed by atoms with van der Waals surface area (Å²) in [6, 6.07) is 73.7. The zero-order valence-electron chi connectivity index (χ0n) is 32.0. The summed E-state index contributed by atoms with van der Waals surface area (Å²) in [6.45, 7) is 6.79. The second-order valence-electron chi connectivity index (χ2n) is 15.4. The molecule has 0 aliphatic rings. The Labute approximate surface area is 330 Å². The number of hydrogen-bond donors (Lipinski definition) is 0. The normalized spacial score (nSPS) is 11.5. The van der Waals surface area contributed by atoms with Crippen LogP contribution in [0.2, 0.25) is 0 Å². The Balaban J connectivity index is 1.13. The van der Waals surface area contributed by atoms with Crippen LogP contribution in [0.25, 0.3) is 66.8 Å². The zero-order valence-corrected chi connectivity index (χ0v) is 32.0. The maximum atomic E-state index is 6.65. The molecule has 0 bridgehead atoms. The van der Waals surface area contributed by atoms with Crippen molar-refractivity contribution in [1.82, 2.24) is 0 Å². The fourth-order valence-electron chi connectivity index (χ4n) is 7.91. The van der Waals surface area contributed by atoms with E-state index in [1.807, 2.05) is 6.07 Å². The third-order valence-corrected chi connectivity index (χ3v) is 10.6. The molecule has 0 aliphatic carbocycles. The summed E-state index contributed by atoms with van der Waals surface area (Å²) < 4.78 is 6.65. The van der Waals surface area contributed by atoms with Crippen molar-refractivity contribution < 1.29 is 4.42 Å². The SMILES string of the molecule is CC(C)(C)c1c(-c2cccc(N(c3ccc(-c4ccc(-c5ccccc5)cc4)cc3)c3ccc(-c4ccccc4-c4ccccc4)cc3)c2)oc2ccccc12. The Bertz CT molecular complexity index is 2740. The average Bonchev–Trinajstić information content (AvgIpc) is 3.66. The quantitative estimate of drug-likeness (QED) is 0.155. The van der Waals surface area contributed by atoms with E-state index >= 15 is 0 Å². The number of anilines is 3. The lowest BCUT2D eigenvalue weighted by molar-refractivity contribution is 0.568. The van der Waals surface area contributed by atoms with Crippen molar-refractivity contribution in [1.29, 1.82) is 0 Å². The maximum Gasteiger partial charge on any atom is 0.139 e. The number of fused-ring (bicyclic) bond motifs is 1. The first-order valence-electron chi connectivity index (χ1n) is 19.3. The van der Waals surface area contributed by atoms with Gasteiger partial charge in [-0.2, -0.15) is 0 Å². The molecule has 0 amide bonds. The fraction of sp³-hybridized carbons (Fsp3) is 0.0741. The van der Waals surface area contributed by atoms with Crippen molar-refractivity contribution >= 4 is 28.0 Å². The lowest BCUT2D eigenvalue weighted by Gasteiger charge is -2.27. The van der Waals surface area contributed by atoms with E-state index in [0.29, 0.717) is 0 Å². The standard InChI is InChI=1S/C54H43NO/c1-54(2,3)52-50-23-12-13-24-51(50)56-53(52)44-19-14-20-47(37-44)55(45-33-29-41(30-34-45)40-27-25-39(26-28-40)38-15-6-4-7-16-38)46-35-31-43(32-36-46)49-22-11-10-21-48(49)42-17-8-5-9-18-42/h4-37H,1-3H3. The topological polar surface area (TPSA) is 16.4 Å². The summed E-state index contributed by atoms with van der Waals surface area (Å²) in [5, 5.41) is 1.16. The number of nitrogens with zero attached hydrogens (tertiary/aromatic N) is 1. The van der Waals surface area contributed by atoms with Gasteiger partial charge in [-0.05, 0) is 92.4 Å². The van der Waals surface area contributed by atoms with Gasteiger partial charge in [0.2, 0.25) is 0 Å². The molecule has 9 rings (SSSR count). The highest BCUT2D eigenvalue weighted by Crippen LogP contribution is 2.44. The van der Waals surface area contributed by atoms with Crippen LogP contribution in [0.4, 0.5) is 17.1 Å². The fourth-order valence-corrected chi connectivity index (χ4v) is 7.91. The predicted molar refractivity (Wildman–Crippen MR) is 237 cm³/mol. The summed E-state index contributed by atoms with van der Waals surface area (Å²) in [6.07, 6.45) is 0. The Morgan fingerprint density at radius 2 is 0.786 bits per heavy atom. The molecule has 0 atom stereocenters. The van der Waals surface area contributed by atoms with Crippen molar-refractivity contribution in [2.45, 2.75) is 26.2 Å². The van der Waals surface area contributed by atoms with Crippen LogP contribution in [0, 0.1) is 0 Å². The first kappa shape index (κ1) is 34.8. The minimum atomic E-state index is -0.112. The minimum absolute atomic E-state index is 0.112. The van der Waals surface area contributed by atoms with Crippen LogP contribution < -0.4 is 4.90 Å². The number of furan rings is 1. The Kier molecular flexibility index (Phi) is 9.17. The van der Waals surface area contributed by atoms with Gasteiger partial charge in [0.15, 0.2) is 0 Å².